The number of anilines is 1. The zero-order valence-electron chi connectivity index (χ0n) is 13.5. The lowest BCUT2D eigenvalue weighted by Crippen LogP contribution is -2.53. The van der Waals surface area contributed by atoms with Crippen LogP contribution < -0.4 is 10.2 Å². The van der Waals surface area contributed by atoms with E-state index in [2.05, 4.69) is 45.4 Å². The van der Waals surface area contributed by atoms with Crippen molar-refractivity contribution in [3.8, 4) is 0 Å². The van der Waals surface area contributed by atoms with Gasteiger partial charge in [-0.25, -0.2) is 0 Å². The Balaban J connectivity index is 1.24. The average Bonchev–Trinajstić information content (AvgIpc) is 3.02. The number of piperazine rings is 1. The summed E-state index contributed by atoms with van der Waals surface area (Å²) in [6, 6.07) is 12.3. The second kappa shape index (κ2) is 5.23. The van der Waals surface area contributed by atoms with Gasteiger partial charge in [0.05, 0.1) is 12.1 Å². The van der Waals surface area contributed by atoms with Gasteiger partial charge in [-0.2, -0.15) is 0 Å². The van der Waals surface area contributed by atoms with Crippen LogP contribution in [0, 0.1) is 5.92 Å². The molecular weight excluding hydrogens is 286 g/mol. The molecule has 1 aliphatic carbocycles. The third-order valence-corrected chi connectivity index (χ3v) is 6.28. The lowest BCUT2D eigenvalue weighted by atomic mass is 10.1. The van der Waals surface area contributed by atoms with E-state index in [9.17, 15) is 4.79 Å². The predicted octanol–water partition coefficient (Wildman–Crippen LogP) is 2.01. The number of benzene rings is 1. The highest BCUT2D eigenvalue weighted by Gasteiger charge is 2.48. The van der Waals surface area contributed by atoms with Gasteiger partial charge >= 0.3 is 0 Å². The van der Waals surface area contributed by atoms with E-state index >= 15 is 0 Å². The van der Waals surface area contributed by atoms with E-state index in [1.165, 1.54) is 24.9 Å². The van der Waals surface area contributed by atoms with Crippen LogP contribution in [0.15, 0.2) is 30.3 Å². The van der Waals surface area contributed by atoms with Gasteiger partial charge in [0.1, 0.15) is 0 Å². The van der Waals surface area contributed by atoms with Gasteiger partial charge in [-0.05, 0) is 50.2 Å². The fraction of sp³-hybridized carbons (Fsp3) is 0.632. The van der Waals surface area contributed by atoms with Gasteiger partial charge in [0, 0.05) is 30.9 Å². The largest absolute Gasteiger partial charge is 0.365 e. The average molecular weight is 311 g/mol. The Kier molecular flexibility index (Phi) is 3.15. The highest BCUT2D eigenvalue weighted by molar-refractivity contribution is 5.83. The minimum atomic E-state index is 0.0881. The number of amides is 1. The first-order chi connectivity index (χ1) is 11.3. The maximum atomic E-state index is 12.9. The number of fused-ring (bicyclic) bond motifs is 2. The Morgan fingerprint density at radius 3 is 2.52 bits per heavy atom. The summed E-state index contributed by atoms with van der Waals surface area (Å²) in [6.45, 7) is 1.91. The van der Waals surface area contributed by atoms with Gasteiger partial charge in [-0.1, -0.05) is 18.2 Å². The Labute approximate surface area is 137 Å². The summed E-state index contributed by atoms with van der Waals surface area (Å²) in [7, 11) is 0. The van der Waals surface area contributed by atoms with Gasteiger partial charge in [0.25, 0.3) is 0 Å². The number of carbonyl (C=O) groups is 1. The Hall–Kier alpha value is -1.55. The molecule has 3 aliphatic heterocycles. The van der Waals surface area contributed by atoms with Gasteiger partial charge in [-0.15, -0.1) is 0 Å². The van der Waals surface area contributed by atoms with Crippen LogP contribution in [0.5, 0.6) is 0 Å². The number of hydrogen-bond acceptors (Lipinski definition) is 3. The van der Waals surface area contributed by atoms with Crippen LogP contribution in [0.1, 0.15) is 32.1 Å². The molecular formula is C19H25N3O. The van der Waals surface area contributed by atoms with Crippen molar-refractivity contribution in [1.82, 2.24) is 10.2 Å². The predicted molar refractivity (Wildman–Crippen MR) is 90.4 cm³/mol. The fourth-order valence-electron chi connectivity index (χ4n) is 4.91. The topological polar surface area (TPSA) is 35.6 Å². The van der Waals surface area contributed by atoms with Gasteiger partial charge in [0.15, 0.2) is 0 Å². The van der Waals surface area contributed by atoms with Crippen molar-refractivity contribution in [1.29, 1.82) is 0 Å². The molecule has 1 amide bonds. The Morgan fingerprint density at radius 1 is 1.00 bits per heavy atom. The van der Waals surface area contributed by atoms with Crippen molar-refractivity contribution < 1.29 is 4.79 Å². The van der Waals surface area contributed by atoms with Gasteiger partial charge in [0.2, 0.25) is 5.91 Å². The standard InChI is InChI=1S/C19H25N3O/c23-19(18-9-8-17(20-18)13-6-7-13)22-12-15-10-16(22)11-21(15)14-4-2-1-3-5-14/h1-5,13,15-18,20H,6-12H2/t15-,16-,17?,18?/m0/s1. The number of para-hydroxylation sites is 1. The molecule has 1 aromatic rings. The lowest BCUT2D eigenvalue weighted by molar-refractivity contribution is -0.134. The number of likely N-dealkylation sites (tertiary alicyclic amines) is 1. The molecule has 0 aromatic heterocycles. The number of carbonyl (C=O) groups excluding carboxylic acids is 1. The monoisotopic (exact) mass is 311 g/mol. The minimum Gasteiger partial charge on any atom is -0.365 e. The van der Waals surface area contributed by atoms with Crippen LogP contribution in [-0.4, -0.2) is 48.1 Å². The van der Waals surface area contributed by atoms with Crippen LogP contribution >= 0.6 is 0 Å². The Morgan fingerprint density at radius 2 is 1.83 bits per heavy atom. The van der Waals surface area contributed by atoms with E-state index < -0.39 is 0 Å². The molecule has 1 N–H and O–H groups in total. The summed E-state index contributed by atoms with van der Waals surface area (Å²) >= 11 is 0. The van der Waals surface area contributed by atoms with Crippen LogP contribution in [0.2, 0.25) is 0 Å². The quantitative estimate of drug-likeness (QED) is 0.927. The van der Waals surface area contributed by atoms with E-state index in [0.717, 1.165) is 31.8 Å². The molecule has 4 heteroatoms. The van der Waals surface area contributed by atoms with Crippen LogP contribution in [0.25, 0.3) is 0 Å². The summed E-state index contributed by atoms with van der Waals surface area (Å²) < 4.78 is 0. The summed E-state index contributed by atoms with van der Waals surface area (Å²) in [4.78, 5) is 17.6. The van der Waals surface area contributed by atoms with Crippen molar-refractivity contribution in [3.63, 3.8) is 0 Å². The summed E-state index contributed by atoms with van der Waals surface area (Å²) in [5, 5.41) is 3.63. The third-order valence-electron chi connectivity index (χ3n) is 6.28. The zero-order chi connectivity index (χ0) is 15.4. The normalized spacial score (nSPS) is 36.0. The number of hydrogen-bond donors (Lipinski definition) is 1. The van der Waals surface area contributed by atoms with Crippen molar-refractivity contribution in [2.45, 2.75) is 56.3 Å². The van der Waals surface area contributed by atoms with E-state index in [0.29, 0.717) is 24.0 Å². The Bertz CT molecular complexity index is 600. The second-order valence-electron chi connectivity index (χ2n) is 7.76. The summed E-state index contributed by atoms with van der Waals surface area (Å²) in [6.07, 6.45) is 6.09. The van der Waals surface area contributed by atoms with Crippen molar-refractivity contribution in [2.24, 2.45) is 5.92 Å². The first-order valence-corrected chi connectivity index (χ1v) is 9.18. The second-order valence-corrected chi connectivity index (χ2v) is 7.76. The van der Waals surface area contributed by atoms with Crippen LogP contribution in [0.3, 0.4) is 0 Å². The van der Waals surface area contributed by atoms with E-state index in [-0.39, 0.29) is 6.04 Å². The fourth-order valence-corrected chi connectivity index (χ4v) is 4.91. The molecule has 0 spiro atoms. The highest BCUT2D eigenvalue weighted by atomic mass is 16.2. The SMILES string of the molecule is O=C(C1CCC(C2CC2)N1)N1C[C@@H]2C[C@H]1CN2c1ccccc1. The number of nitrogens with zero attached hydrogens (tertiary/aromatic N) is 2. The molecule has 2 unspecified atom stereocenters. The number of nitrogens with one attached hydrogen (secondary N) is 1. The highest BCUT2D eigenvalue weighted by Crippen LogP contribution is 2.39. The van der Waals surface area contributed by atoms with E-state index in [4.69, 9.17) is 0 Å². The maximum Gasteiger partial charge on any atom is 0.240 e. The molecule has 23 heavy (non-hydrogen) atoms. The van der Waals surface area contributed by atoms with Gasteiger partial charge < -0.3 is 15.1 Å². The minimum absolute atomic E-state index is 0.0881. The lowest BCUT2D eigenvalue weighted by Gasteiger charge is -2.36. The van der Waals surface area contributed by atoms with Crippen LogP contribution in [-0.2, 0) is 4.79 Å². The first-order valence-electron chi connectivity index (χ1n) is 9.18. The first kappa shape index (κ1) is 13.8. The van der Waals surface area contributed by atoms with Crippen molar-refractivity contribution in [2.75, 3.05) is 18.0 Å². The summed E-state index contributed by atoms with van der Waals surface area (Å²) in [5.74, 6) is 1.23. The molecule has 5 rings (SSSR count). The molecule has 4 fully saturated rings. The number of rotatable bonds is 3. The van der Waals surface area contributed by atoms with Gasteiger partial charge in [-0.3, -0.25) is 4.79 Å². The molecule has 3 saturated heterocycles. The maximum absolute atomic E-state index is 12.9. The zero-order valence-corrected chi connectivity index (χ0v) is 13.5. The van der Waals surface area contributed by atoms with Crippen molar-refractivity contribution in [3.05, 3.63) is 30.3 Å². The molecule has 0 radical (unpaired) electrons. The molecule has 3 heterocycles. The molecule has 4 nitrogen and oxygen atoms in total. The van der Waals surface area contributed by atoms with Crippen molar-refractivity contribution >= 4 is 11.6 Å². The van der Waals surface area contributed by atoms with E-state index in [1.807, 2.05) is 0 Å². The molecule has 1 aromatic carbocycles. The molecule has 2 bridgehead atoms. The molecule has 4 atom stereocenters. The summed E-state index contributed by atoms with van der Waals surface area (Å²) in [5.41, 5.74) is 1.31. The molecule has 122 valence electrons. The molecule has 1 saturated carbocycles. The van der Waals surface area contributed by atoms with E-state index in [1.54, 1.807) is 0 Å². The van der Waals surface area contributed by atoms with Crippen LogP contribution in [0.4, 0.5) is 5.69 Å². The molecule has 4 aliphatic rings. The third kappa shape index (κ3) is 2.35. The smallest absolute Gasteiger partial charge is 0.240 e.